The van der Waals surface area contributed by atoms with Crippen LogP contribution in [-0.4, -0.2) is 18.0 Å². The third kappa shape index (κ3) is 4.04. The Balaban J connectivity index is 1.72. The zero-order chi connectivity index (χ0) is 20.1. The van der Waals surface area contributed by atoms with Gasteiger partial charge in [0.2, 0.25) is 0 Å². The minimum absolute atomic E-state index is 0.126. The number of hydrogen-bond donors (Lipinski definition) is 1. The molecule has 0 radical (unpaired) electrons. The minimum atomic E-state index is -0.606. The Morgan fingerprint density at radius 2 is 1.69 bits per heavy atom. The zero-order valence-electron chi connectivity index (χ0n) is 15.9. The van der Waals surface area contributed by atoms with E-state index in [9.17, 15) is 4.79 Å². The van der Waals surface area contributed by atoms with Gasteiger partial charge in [-0.1, -0.05) is 71.9 Å². The smallest absolute Gasteiger partial charge is 0.195 e. The van der Waals surface area contributed by atoms with E-state index >= 15 is 0 Å². The average molecular weight is 384 g/mol. The van der Waals surface area contributed by atoms with Gasteiger partial charge in [0.25, 0.3) is 0 Å². The number of nitrogens with zero attached hydrogens (tertiary/aromatic N) is 1. The number of methoxy groups -OCH3 is 1. The average Bonchev–Trinajstić information content (AvgIpc) is 3.28. The summed E-state index contributed by atoms with van der Waals surface area (Å²) in [6, 6.07) is 26.0. The summed E-state index contributed by atoms with van der Waals surface area (Å²) in [5.41, 5.74) is 3.42. The molecule has 3 aromatic carbocycles. The zero-order valence-corrected chi connectivity index (χ0v) is 15.9. The molecule has 0 spiro atoms. The normalized spacial score (nSPS) is 11.6. The molecule has 4 aromatic rings. The van der Waals surface area contributed by atoms with Crippen molar-refractivity contribution in [2.45, 2.75) is 6.04 Å². The first-order valence-electron chi connectivity index (χ1n) is 9.26. The van der Waals surface area contributed by atoms with Crippen LogP contribution in [0.2, 0.25) is 0 Å². The Morgan fingerprint density at radius 1 is 0.966 bits per heavy atom. The number of hydrogen-bond acceptors (Lipinski definition) is 5. The molecule has 0 aliphatic heterocycles. The van der Waals surface area contributed by atoms with Crippen LogP contribution in [0.5, 0.6) is 5.75 Å². The largest absolute Gasteiger partial charge is 0.497 e. The van der Waals surface area contributed by atoms with E-state index in [0.717, 1.165) is 16.8 Å². The molecule has 1 atom stereocenters. The summed E-state index contributed by atoms with van der Waals surface area (Å²) < 4.78 is 10.5. The highest BCUT2D eigenvalue weighted by atomic mass is 16.5. The van der Waals surface area contributed by atoms with E-state index in [2.05, 4.69) is 10.5 Å². The summed E-state index contributed by atoms with van der Waals surface area (Å²) in [5.74, 6) is 0.586. The van der Waals surface area contributed by atoms with E-state index in [1.54, 1.807) is 7.11 Å². The molecule has 29 heavy (non-hydrogen) atoms. The summed E-state index contributed by atoms with van der Waals surface area (Å²) >= 11 is 0. The van der Waals surface area contributed by atoms with E-state index in [1.165, 1.54) is 6.26 Å². The van der Waals surface area contributed by atoms with Gasteiger partial charge in [0.05, 0.1) is 12.7 Å². The van der Waals surface area contributed by atoms with Crippen molar-refractivity contribution < 1.29 is 14.1 Å². The molecule has 0 amide bonds. The fourth-order valence-electron chi connectivity index (χ4n) is 3.20. The third-order valence-corrected chi connectivity index (χ3v) is 4.66. The Labute approximate surface area is 168 Å². The number of rotatable bonds is 7. The van der Waals surface area contributed by atoms with Crippen LogP contribution in [0.15, 0.2) is 95.7 Å². The summed E-state index contributed by atoms with van der Waals surface area (Å²) in [7, 11) is 1.61. The van der Waals surface area contributed by atoms with Crippen molar-refractivity contribution in [2.24, 2.45) is 0 Å². The monoisotopic (exact) mass is 384 g/mol. The van der Waals surface area contributed by atoms with Gasteiger partial charge in [0, 0.05) is 17.3 Å². The molecule has 144 valence electrons. The van der Waals surface area contributed by atoms with Gasteiger partial charge in [-0.25, -0.2) is 0 Å². The number of nitrogens with one attached hydrogen (secondary N) is 1. The number of aromatic nitrogens is 1. The fraction of sp³-hybridized carbons (Fsp3) is 0.0833. The second-order valence-corrected chi connectivity index (χ2v) is 6.53. The molecule has 0 bridgehead atoms. The van der Waals surface area contributed by atoms with Crippen LogP contribution in [0.1, 0.15) is 22.0 Å². The maximum absolute atomic E-state index is 13.6. The fourth-order valence-corrected chi connectivity index (χ4v) is 3.20. The molecule has 0 aliphatic rings. The van der Waals surface area contributed by atoms with Gasteiger partial charge in [-0.05, 0) is 17.7 Å². The van der Waals surface area contributed by atoms with Gasteiger partial charge in [0.1, 0.15) is 23.7 Å². The second-order valence-electron chi connectivity index (χ2n) is 6.53. The highest BCUT2D eigenvalue weighted by Crippen LogP contribution is 2.30. The molecule has 5 heteroatoms. The first kappa shape index (κ1) is 18.5. The predicted molar refractivity (Wildman–Crippen MR) is 112 cm³/mol. The van der Waals surface area contributed by atoms with Gasteiger partial charge in [0.15, 0.2) is 5.78 Å². The lowest BCUT2D eigenvalue weighted by molar-refractivity contribution is 0.0969. The lowest BCUT2D eigenvalue weighted by atomic mass is 9.95. The molecule has 1 N–H and O–H groups in total. The Morgan fingerprint density at radius 3 is 2.41 bits per heavy atom. The summed E-state index contributed by atoms with van der Waals surface area (Å²) in [6.45, 7) is 0. The Kier molecular flexibility index (Phi) is 5.38. The molecule has 0 aliphatic carbocycles. The van der Waals surface area contributed by atoms with Crippen LogP contribution < -0.4 is 10.1 Å². The lowest BCUT2D eigenvalue weighted by Gasteiger charge is -2.19. The number of ketones is 1. The van der Waals surface area contributed by atoms with E-state index in [0.29, 0.717) is 17.0 Å². The first-order chi connectivity index (χ1) is 14.3. The van der Waals surface area contributed by atoms with E-state index in [-0.39, 0.29) is 5.78 Å². The second kappa shape index (κ2) is 8.44. The van der Waals surface area contributed by atoms with Crippen LogP contribution in [0.4, 0.5) is 5.69 Å². The van der Waals surface area contributed by atoms with Crippen LogP contribution >= 0.6 is 0 Å². The van der Waals surface area contributed by atoms with E-state index < -0.39 is 6.04 Å². The van der Waals surface area contributed by atoms with Gasteiger partial charge in [-0.3, -0.25) is 4.79 Å². The molecular weight excluding hydrogens is 364 g/mol. The van der Waals surface area contributed by atoms with Crippen molar-refractivity contribution >= 4 is 11.5 Å². The molecule has 0 saturated heterocycles. The SMILES string of the molecule is COc1cccc(NC(C(=O)c2conc2-c2ccccc2)c2ccccc2)c1. The molecular formula is C24H20N2O3. The van der Waals surface area contributed by atoms with Crippen molar-refractivity contribution in [3.63, 3.8) is 0 Å². The number of carbonyl (C=O) groups is 1. The van der Waals surface area contributed by atoms with E-state index in [1.807, 2.05) is 84.9 Å². The van der Waals surface area contributed by atoms with Crippen molar-refractivity contribution in [3.05, 3.63) is 102 Å². The number of Topliss-reactive ketones (excluding diaryl/α,β-unsaturated/α-hetero) is 1. The van der Waals surface area contributed by atoms with Crippen molar-refractivity contribution in [1.82, 2.24) is 5.16 Å². The molecule has 0 fully saturated rings. The molecule has 4 rings (SSSR count). The summed E-state index contributed by atoms with van der Waals surface area (Å²) in [4.78, 5) is 13.6. The van der Waals surface area contributed by atoms with Crippen LogP contribution in [0.25, 0.3) is 11.3 Å². The van der Waals surface area contributed by atoms with Gasteiger partial charge in [-0.15, -0.1) is 0 Å². The Bertz CT molecular complexity index is 1090. The first-order valence-corrected chi connectivity index (χ1v) is 9.26. The molecule has 5 nitrogen and oxygen atoms in total. The standard InChI is InChI=1S/C24H20N2O3/c1-28-20-14-8-13-19(15-20)25-23(18-11-6-3-7-12-18)24(27)21-16-29-26-22(21)17-9-4-2-5-10-17/h2-16,23,25H,1H3. The summed E-state index contributed by atoms with van der Waals surface area (Å²) in [5, 5.41) is 7.41. The van der Waals surface area contributed by atoms with Crippen molar-refractivity contribution in [2.75, 3.05) is 12.4 Å². The number of anilines is 1. The number of carbonyl (C=O) groups excluding carboxylic acids is 1. The van der Waals surface area contributed by atoms with Crippen molar-refractivity contribution in [1.29, 1.82) is 0 Å². The molecule has 0 saturated carbocycles. The van der Waals surface area contributed by atoms with Gasteiger partial charge >= 0.3 is 0 Å². The maximum Gasteiger partial charge on any atom is 0.195 e. The quantitative estimate of drug-likeness (QED) is 0.433. The topological polar surface area (TPSA) is 64.4 Å². The minimum Gasteiger partial charge on any atom is -0.497 e. The number of ether oxygens (including phenoxy) is 1. The van der Waals surface area contributed by atoms with Gasteiger partial charge < -0.3 is 14.6 Å². The highest BCUT2D eigenvalue weighted by Gasteiger charge is 2.27. The van der Waals surface area contributed by atoms with E-state index in [4.69, 9.17) is 9.26 Å². The molecule has 1 aromatic heterocycles. The third-order valence-electron chi connectivity index (χ3n) is 4.66. The van der Waals surface area contributed by atoms with Crippen LogP contribution in [0.3, 0.4) is 0 Å². The van der Waals surface area contributed by atoms with Crippen LogP contribution in [0, 0.1) is 0 Å². The Hall–Kier alpha value is -3.86. The van der Waals surface area contributed by atoms with Crippen molar-refractivity contribution in [3.8, 4) is 17.0 Å². The predicted octanol–water partition coefficient (Wildman–Crippen LogP) is 5.39. The lowest BCUT2D eigenvalue weighted by Crippen LogP contribution is -2.21. The van der Waals surface area contributed by atoms with Gasteiger partial charge in [-0.2, -0.15) is 0 Å². The number of benzene rings is 3. The maximum atomic E-state index is 13.6. The molecule has 1 heterocycles. The highest BCUT2D eigenvalue weighted by molar-refractivity contribution is 6.06. The molecule has 1 unspecified atom stereocenters. The van der Waals surface area contributed by atoms with Crippen LogP contribution in [-0.2, 0) is 0 Å². The summed E-state index contributed by atoms with van der Waals surface area (Å²) in [6.07, 6.45) is 1.41.